The van der Waals surface area contributed by atoms with Crippen LogP contribution in [0.1, 0.15) is 22.9 Å². The van der Waals surface area contributed by atoms with Crippen molar-refractivity contribution in [2.75, 3.05) is 7.05 Å². The van der Waals surface area contributed by atoms with Crippen molar-refractivity contribution in [1.82, 2.24) is 15.6 Å². The van der Waals surface area contributed by atoms with Gasteiger partial charge in [-0.3, -0.25) is 10.1 Å². The lowest BCUT2D eigenvalue weighted by Crippen LogP contribution is -2.49. The minimum atomic E-state index is -0.932. The van der Waals surface area contributed by atoms with Gasteiger partial charge in [-0.05, 0) is 35.7 Å². The predicted octanol–water partition coefficient (Wildman–Crippen LogP) is 4.10. The van der Waals surface area contributed by atoms with E-state index in [4.69, 9.17) is 23.2 Å². The number of H-pyrrole nitrogens is 1. The first-order valence-corrected chi connectivity index (χ1v) is 9.06. The lowest BCUT2D eigenvalue weighted by Gasteiger charge is -2.31. The molecule has 1 aromatic heterocycles. The van der Waals surface area contributed by atoms with Crippen LogP contribution in [-0.2, 0) is 11.2 Å². The number of benzene rings is 2. The third-order valence-electron chi connectivity index (χ3n) is 4.88. The van der Waals surface area contributed by atoms with Crippen LogP contribution in [0, 0.1) is 11.6 Å². The van der Waals surface area contributed by atoms with Gasteiger partial charge in [0.2, 0.25) is 5.91 Å². The molecule has 140 valence electrons. The zero-order chi connectivity index (χ0) is 19.3. The average molecular weight is 410 g/mol. The van der Waals surface area contributed by atoms with Crippen LogP contribution in [-0.4, -0.2) is 24.0 Å². The van der Waals surface area contributed by atoms with Gasteiger partial charge in [0.1, 0.15) is 0 Å². The summed E-state index contributed by atoms with van der Waals surface area (Å²) < 4.78 is 27.5. The molecule has 4 rings (SSSR count). The quantitative estimate of drug-likeness (QED) is 0.596. The standard InChI is InChI=1S/C19H15Cl2F2N3O/c1-24-19(27)16-6-11-10-5-13(22)14(23)7-15(10)25-18(11)17(26-16)9-3-2-8(20)4-12(9)21/h2-5,7,16-17,25-26H,6H2,1H3,(H,24,27)/t16-,17+/m0/s1. The summed E-state index contributed by atoms with van der Waals surface area (Å²) in [5.41, 5.74) is 2.66. The second-order valence-corrected chi connectivity index (χ2v) is 7.31. The van der Waals surface area contributed by atoms with Gasteiger partial charge < -0.3 is 10.3 Å². The maximum Gasteiger partial charge on any atom is 0.237 e. The Morgan fingerprint density at radius 2 is 1.93 bits per heavy atom. The second kappa shape index (κ2) is 6.78. The molecule has 8 heteroatoms. The molecule has 3 N–H and O–H groups in total. The number of nitrogens with one attached hydrogen (secondary N) is 3. The molecule has 0 aliphatic carbocycles. The van der Waals surface area contributed by atoms with Crippen molar-refractivity contribution in [2.45, 2.75) is 18.5 Å². The number of halogens is 4. The van der Waals surface area contributed by atoms with Gasteiger partial charge in [-0.15, -0.1) is 0 Å². The number of amides is 1. The van der Waals surface area contributed by atoms with Gasteiger partial charge in [-0.1, -0.05) is 29.3 Å². The van der Waals surface area contributed by atoms with Gasteiger partial charge in [0.05, 0.1) is 12.1 Å². The maximum atomic E-state index is 13.8. The number of hydrogen-bond acceptors (Lipinski definition) is 2. The molecule has 1 aliphatic rings. The van der Waals surface area contributed by atoms with E-state index in [1.807, 2.05) is 0 Å². The van der Waals surface area contributed by atoms with E-state index in [1.54, 1.807) is 25.2 Å². The van der Waals surface area contributed by atoms with Crippen molar-refractivity contribution in [2.24, 2.45) is 0 Å². The van der Waals surface area contributed by atoms with Crippen LogP contribution in [0.3, 0.4) is 0 Å². The number of fused-ring (bicyclic) bond motifs is 3. The average Bonchev–Trinajstić information content (AvgIpc) is 2.98. The molecule has 1 aliphatic heterocycles. The summed E-state index contributed by atoms with van der Waals surface area (Å²) in [6.45, 7) is 0. The fraction of sp³-hybridized carbons (Fsp3) is 0.211. The molecule has 0 saturated heterocycles. The van der Waals surface area contributed by atoms with E-state index in [0.29, 0.717) is 32.9 Å². The molecule has 0 fully saturated rings. The molecule has 4 nitrogen and oxygen atoms in total. The third kappa shape index (κ3) is 3.08. The van der Waals surface area contributed by atoms with Gasteiger partial charge in [-0.25, -0.2) is 8.78 Å². The van der Waals surface area contributed by atoms with E-state index < -0.39 is 23.7 Å². The van der Waals surface area contributed by atoms with Crippen LogP contribution < -0.4 is 10.6 Å². The SMILES string of the molecule is CNC(=O)[C@@H]1Cc2c([nH]c3cc(F)c(F)cc23)[C@@H](c2ccc(Cl)cc2Cl)N1. The molecule has 0 saturated carbocycles. The lowest BCUT2D eigenvalue weighted by molar-refractivity contribution is -0.122. The van der Waals surface area contributed by atoms with Crippen LogP contribution in [0.5, 0.6) is 0 Å². The molecular weight excluding hydrogens is 395 g/mol. The highest BCUT2D eigenvalue weighted by atomic mass is 35.5. The zero-order valence-corrected chi connectivity index (χ0v) is 15.7. The van der Waals surface area contributed by atoms with E-state index in [-0.39, 0.29) is 5.91 Å². The summed E-state index contributed by atoms with van der Waals surface area (Å²) in [7, 11) is 1.55. The number of aromatic amines is 1. The van der Waals surface area contributed by atoms with Gasteiger partial charge in [0.25, 0.3) is 0 Å². The Bertz CT molecular complexity index is 1070. The Balaban J connectivity index is 1.93. The van der Waals surface area contributed by atoms with Gasteiger partial charge >= 0.3 is 0 Å². The lowest BCUT2D eigenvalue weighted by atomic mass is 9.90. The first-order chi connectivity index (χ1) is 12.9. The highest BCUT2D eigenvalue weighted by Crippen LogP contribution is 2.38. The van der Waals surface area contributed by atoms with Crippen LogP contribution >= 0.6 is 23.2 Å². The monoisotopic (exact) mass is 409 g/mol. The Kier molecular flexibility index (Phi) is 4.58. The number of likely N-dealkylation sites (N-methyl/N-ethyl adjacent to an activating group) is 1. The first-order valence-electron chi connectivity index (χ1n) is 8.31. The molecule has 27 heavy (non-hydrogen) atoms. The van der Waals surface area contributed by atoms with Crippen molar-refractivity contribution < 1.29 is 13.6 Å². The molecule has 2 aromatic carbocycles. The number of hydrogen-bond donors (Lipinski definition) is 3. The summed E-state index contributed by atoms with van der Waals surface area (Å²) in [5.74, 6) is -2.06. The second-order valence-electron chi connectivity index (χ2n) is 6.47. The minimum Gasteiger partial charge on any atom is -0.358 e. The van der Waals surface area contributed by atoms with E-state index in [1.165, 1.54) is 0 Å². The third-order valence-corrected chi connectivity index (χ3v) is 5.44. The Labute approximate surface area is 163 Å². The smallest absolute Gasteiger partial charge is 0.237 e. The van der Waals surface area contributed by atoms with Crippen LogP contribution in [0.2, 0.25) is 10.0 Å². The Morgan fingerprint density at radius 3 is 2.63 bits per heavy atom. The van der Waals surface area contributed by atoms with Crippen LogP contribution in [0.25, 0.3) is 10.9 Å². The number of carbonyl (C=O) groups is 1. The number of carbonyl (C=O) groups excluding carboxylic acids is 1. The predicted molar refractivity (Wildman–Crippen MR) is 101 cm³/mol. The van der Waals surface area contributed by atoms with E-state index in [2.05, 4.69) is 15.6 Å². The van der Waals surface area contributed by atoms with Crippen molar-refractivity contribution in [1.29, 1.82) is 0 Å². The van der Waals surface area contributed by atoms with Gasteiger partial charge in [0, 0.05) is 39.8 Å². The van der Waals surface area contributed by atoms with Crippen LogP contribution in [0.15, 0.2) is 30.3 Å². The van der Waals surface area contributed by atoms with E-state index >= 15 is 0 Å². The van der Waals surface area contributed by atoms with Gasteiger partial charge in [-0.2, -0.15) is 0 Å². The molecular formula is C19H15Cl2F2N3O. The molecule has 0 spiro atoms. The zero-order valence-electron chi connectivity index (χ0n) is 14.2. The van der Waals surface area contributed by atoms with E-state index in [0.717, 1.165) is 23.4 Å². The van der Waals surface area contributed by atoms with Gasteiger partial charge in [0.15, 0.2) is 11.6 Å². The van der Waals surface area contributed by atoms with Crippen LogP contribution in [0.4, 0.5) is 8.78 Å². The van der Waals surface area contributed by atoms with Crippen molar-refractivity contribution >= 4 is 40.0 Å². The molecule has 3 aromatic rings. The molecule has 0 bridgehead atoms. The fourth-order valence-electron chi connectivity index (χ4n) is 3.60. The fourth-order valence-corrected chi connectivity index (χ4v) is 4.12. The first kappa shape index (κ1) is 18.2. The highest BCUT2D eigenvalue weighted by molar-refractivity contribution is 6.35. The molecule has 0 unspecified atom stereocenters. The molecule has 0 radical (unpaired) electrons. The topological polar surface area (TPSA) is 56.9 Å². The van der Waals surface area contributed by atoms with Crippen molar-refractivity contribution in [3.05, 3.63) is 68.8 Å². The summed E-state index contributed by atoms with van der Waals surface area (Å²) in [4.78, 5) is 15.5. The minimum absolute atomic E-state index is 0.201. The number of rotatable bonds is 2. The maximum absolute atomic E-state index is 13.8. The molecule has 1 amide bonds. The molecule has 2 atom stereocenters. The molecule has 2 heterocycles. The van der Waals surface area contributed by atoms with Crippen molar-refractivity contribution in [3.8, 4) is 0 Å². The van der Waals surface area contributed by atoms with E-state index in [9.17, 15) is 13.6 Å². The van der Waals surface area contributed by atoms with Crippen molar-refractivity contribution in [3.63, 3.8) is 0 Å². The highest BCUT2D eigenvalue weighted by Gasteiger charge is 2.34. The summed E-state index contributed by atoms with van der Waals surface area (Å²) in [6.07, 6.45) is 0.335. The Hall–Kier alpha value is -2.15. The summed E-state index contributed by atoms with van der Waals surface area (Å²) in [6, 6.07) is 6.36. The number of aromatic nitrogens is 1. The summed E-state index contributed by atoms with van der Waals surface area (Å²) in [5, 5.41) is 7.36. The Morgan fingerprint density at radius 1 is 1.19 bits per heavy atom. The summed E-state index contributed by atoms with van der Waals surface area (Å²) >= 11 is 12.4. The normalized spacial score (nSPS) is 19.1. The largest absolute Gasteiger partial charge is 0.358 e.